The van der Waals surface area contributed by atoms with Gasteiger partial charge in [-0.1, -0.05) is 19.2 Å². The van der Waals surface area contributed by atoms with Crippen molar-refractivity contribution in [1.82, 2.24) is 0 Å². The molecule has 1 aromatic carbocycles. The summed E-state index contributed by atoms with van der Waals surface area (Å²) in [6.07, 6.45) is -1.65. The van der Waals surface area contributed by atoms with Crippen molar-refractivity contribution in [2.24, 2.45) is 0 Å². The Morgan fingerprint density at radius 1 is 1.00 bits per heavy atom. The summed E-state index contributed by atoms with van der Waals surface area (Å²) in [7, 11) is 0. The fraction of sp³-hybridized carbons (Fsp3) is 0.440. The van der Waals surface area contributed by atoms with Gasteiger partial charge in [0.15, 0.2) is 0 Å². The van der Waals surface area contributed by atoms with Crippen LogP contribution in [0.5, 0.6) is 0 Å². The molecule has 0 bridgehead atoms. The molecule has 0 radical (unpaired) electrons. The van der Waals surface area contributed by atoms with E-state index in [1.54, 1.807) is 39.0 Å². The van der Waals surface area contributed by atoms with Gasteiger partial charge in [-0.15, -0.1) is 0 Å². The Morgan fingerprint density at radius 3 is 2.17 bits per heavy atom. The van der Waals surface area contributed by atoms with Gasteiger partial charge < -0.3 is 18.9 Å². The Morgan fingerprint density at radius 2 is 1.60 bits per heavy atom. The number of nitrogens with zero attached hydrogens (tertiary/aromatic N) is 1. The van der Waals surface area contributed by atoms with Crippen LogP contribution < -0.4 is 10.2 Å². The number of ether oxygens (including phenoxy) is 4. The van der Waals surface area contributed by atoms with Crippen LogP contribution in [0.15, 0.2) is 42.5 Å². The quantitative estimate of drug-likeness (QED) is 0.258. The Labute approximate surface area is 205 Å². The molecule has 0 aliphatic carbocycles. The number of amides is 2. The number of aryl methyl sites for hydroxylation is 1. The van der Waals surface area contributed by atoms with Crippen molar-refractivity contribution >= 4 is 35.5 Å². The first-order chi connectivity index (χ1) is 16.5. The zero-order valence-electron chi connectivity index (χ0n) is 21.0. The number of rotatable bonds is 12. The SMILES string of the molecule is C=C(C)C(=O)OCCC(C)OC(=O)N(CCOC(=O)C(=C)C)c1ccc(C)c(NC(=O)OCC)c1. The third-order valence-corrected chi connectivity index (χ3v) is 4.57. The number of hydrogen-bond acceptors (Lipinski definition) is 8. The minimum Gasteiger partial charge on any atom is -0.462 e. The summed E-state index contributed by atoms with van der Waals surface area (Å²) in [4.78, 5) is 49.4. The molecule has 192 valence electrons. The molecule has 0 aliphatic rings. The molecule has 0 aromatic heterocycles. The van der Waals surface area contributed by atoms with Gasteiger partial charge in [0, 0.05) is 28.9 Å². The van der Waals surface area contributed by atoms with Crippen molar-refractivity contribution in [1.29, 1.82) is 0 Å². The van der Waals surface area contributed by atoms with Crippen LogP contribution in [-0.2, 0) is 28.5 Å². The zero-order valence-corrected chi connectivity index (χ0v) is 21.0. The van der Waals surface area contributed by atoms with Crippen LogP contribution in [-0.4, -0.2) is 56.6 Å². The third-order valence-electron chi connectivity index (χ3n) is 4.57. The standard InChI is InChI=1S/C25H34N2O8/c1-8-32-24(30)26-21-15-20(10-9-18(21)6)27(12-14-34-23(29)17(4)5)25(31)35-19(7)11-13-33-22(28)16(2)3/h9-10,15,19H,2,4,8,11-14H2,1,3,5-7H3,(H,26,30). The minimum absolute atomic E-state index is 0.0167. The lowest BCUT2D eigenvalue weighted by Gasteiger charge is -2.25. The molecule has 0 saturated heterocycles. The largest absolute Gasteiger partial charge is 0.462 e. The molecule has 1 rings (SSSR count). The van der Waals surface area contributed by atoms with E-state index in [9.17, 15) is 19.2 Å². The molecule has 35 heavy (non-hydrogen) atoms. The molecule has 10 heteroatoms. The maximum atomic E-state index is 13.0. The van der Waals surface area contributed by atoms with Crippen LogP contribution >= 0.6 is 0 Å². The highest BCUT2D eigenvalue weighted by Crippen LogP contribution is 2.25. The van der Waals surface area contributed by atoms with Gasteiger partial charge in [-0.2, -0.15) is 0 Å². The Balaban J connectivity index is 3.00. The van der Waals surface area contributed by atoms with E-state index >= 15 is 0 Å². The van der Waals surface area contributed by atoms with Crippen molar-refractivity contribution in [3.63, 3.8) is 0 Å². The van der Waals surface area contributed by atoms with E-state index < -0.39 is 30.2 Å². The average molecular weight is 491 g/mol. The molecular weight excluding hydrogens is 456 g/mol. The molecule has 2 amide bonds. The summed E-state index contributed by atoms with van der Waals surface area (Å²) in [6, 6.07) is 4.98. The van der Waals surface area contributed by atoms with Gasteiger partial charge in [-0.25, -0.2) is 19.2 Å². The number of nitrogens with one attached hydrogen (secondary N) is 1. The van der Waals surface area contributed by atoms with E-state index in [4.69, 9.17) is 18.9 Å². The van der Waals surface area contributed by atoms with Gasteiger partial charge in [-0.3, -0.25) is 10.2 Å². The monoisotopic (exact) mass is 490 g/mol. The number of esters is 2. The summed E-state index contributed by atoms with van der Waals surface area (Å²) in [5.41, 5.74) is 2.10. The van der Waals surface area contributed by atoms with Crippen LogP contribution in [0.4, 0.5) is 21.0 Å². The summed E-state index contributed by atoms with van der Waals surface area (Å²) in [5, 5.41) is 2.63. The molecule has 1 N–H and O–H groups in total. The first-order valence-electron chi connectivity index (χ1n) is 11.1. The van der Waals surface area contributed by atoms with Crippen LogP contribution in [0.25, 0.3) is 0 Å². The molecule has 0 saturated carbocycles. The number of hydrogen-bond donors (Lipinski definition) is 1. The van der Waals surface area contributed by atoms with Crippen molar-refractivity contribution in [2.45, 2.75) is 47.1 Å². The van der Waals surface area contributed by atoms with E-state index in [0.717, 1.165) is 5.56 Å². The van der Waals surface area contributed by atoms with E-state index in [2.05, 4.69) is 18.5 Å². The van der Waals surface area contributed by atoms with Gasteiger partial charge in [-0.05, 0) is 52.3 Å². The summed E-state index contributed by atoms with van der Waals surface area (Å²) < 4.78 is 20.6. The third kappa shape index (κ3) is 10.3. The van der Waals surface area contributed by atoms with Crippen molar-refractivity contribution in [2.75, 3.05) is 36.6 Å². The molecule has 0 fully saturated rings. The van der Waals surface area contributed by atoms with Gasteiger partial charge in [0.25, 0.3) is 0 Å². The van der Waals surface area contributed by atoms with Gasteiger partial charge in [0.1, 0.15) is 12.7 Å². The molecule has 0 heterocycles. The van der Waals surface area contributed by atoms with Gasteiger partial charge >= 0.3 is 24.1 Å². The fourth-order valence-corrected chi connectivity index (χ4v) is 2.60. The molecule has 0 aliphatic heterocycles. The molecule has 10 nitrogen and oxygen atoms in total. The lowest BCUT2D eigenvalue weighted by Crippen LogP contribution is -2.37. The number of carbonyl (C=O) groups is 4. The summed E-state index contributed by atoms with van der Waals surface area (Å²) in [6.45, 7) is 15.4. The second-order valence-corrected chi connectivity index (χ2v) is 7.81. The molecular formula is C25H34N2O8. The number of benzene rings is 1. The molecule has 1 atom stereocenters. The van der Waals surface area contributed by atoms with E-state index in [1.165, 1.54) is 18.7 Å². The Kier molecular flexibility index (Phi) is 12.1. The number of anilines is 2. The summed E-state index contributed by atoms with van der Waals surface area (Å²) >= 11 is 0. The Bertz CT molecular complexity index is 957. The fourth-order valence-electron chi connectivity index (χ4n) is 2.60. The van der Waals surface area contributed by atoms with Gasteiger partial charge in [0.2, 0.25) is 0 Å². The Hall–Kier alpha value is -3.82. The van der Waals surface area contributed by atoms with E-state index in [-0.39, 0.29) is 43.9 Å². The van der Waals surface area contributed by atoms with Crippen LogP contribution in [0.1, 0.15) is 39.7 Å². The van der Waals surface area contributed by atoms with Crippen molar-refractivity contribution < 1.29 is 38.1 Å². The first kappa shape index (κ1) is 29.2. The predicted octanol–water partition coefficient (Wildman–Crippen LogP) is 4.52. The highest BCUT2D eigenvalue weighted by atomic mass is 16.6. The lowest BCUT2D eigenvalue weighted by atomic mass is 10.1. The minimum atomic E-state index is -0.707. The highest BCUT2D eigenvalue weighted by Gasteiger charge is 2.22. The molecule has 0 spiro atoms. The molecule has 1 aromatic rings. The molecule has 1 unspecified atom stereocenters. The predicted molar refractivity (Wildman–Crippen MR) is 131 cm³/mol. The lowest BCUT2D eigenvalue weighted by molar-refractivity contribution is -0.140. The van der Waals surface area contributed by atoms with Crippen molar-refractivity contribution in [3.05, 3.63) is 48.1 Å². The normalized spacial score (nSPS) is 11.0. The smallest absolute Gasteiger partial charge is 0.414 e. The number of carbonyl (C=O) groups excluding carboxylic acids is 4. The topological polar surface area (TPSA) is 120 Å². The van der Waals surface area contributed by atoms with E-state index in [1.807, 2.05) is 0 Å². The van der Waals surface area contributed by atoms with Crippen LogP contribution in [0.2, 0.25) is 0 Å². The van der Waals surface area contributed by atoms with Gasteiger partial charge in [0.05, 0.1) is 19.8 Å². The zero-order chi connectivity index (χ0) is 26.5. The maximum Gasteiger partial charge on any atom is 0.414 e. The average Bonchev–Trinajstić information content (AvgIpc) is 2.78. The summed E-state index contributed by atoms with van der Waals surface area (Å²) in [5.74, 6) is -1.11. The maximum absolute atomic E-state index is 13.0. The van der Waals surface area contributed by atoms with E-state index in [0.29, 0.717) is 11.4 Å². The highest BCUT2D eigenvalue weighted by molar-refractivity contribution is 5.91. The van der Waals surface area contributed by atoms with Crippen LogP contribution in [0, 0.1) is 6.92 Å². The van der Waals surface area contributed by atoms with Crippen LogP contribution in [0.3, 0.4) is 0 Å². The first-order valence-corrected chi connectivity index (χ1v) is 11.1. The second kappa shape index (κ2) is 14.4. The van der Waals surface area contributed by atoms with Crippen molar-refractivity contribution in [3.8, 4) is 0 Å². The second-order valence-electron chi connectivity index (χ2n) is 7.81.